The highest BCUT2D eigenvalue weighted by molar-refractivity contribution is 6.00. The summed E-state index contributed by atoms with van der Waals surface area (Å²) in [6.45, 7) is 2.42. The monoisotopic (exact) mass is 387 g/mol. The maximum Gasteiger partial charge on any atom is 0.323 e. The Balaban J connectivity index is 1.51. The minimum atomic E-state index is -0.294. The number of fused-ring (bicyclic) bond motifs is 1. The lowest BCUT2D eigenvalue weighted by Gasteiger charge is -2.09. The van der Waals surface area contributed by atoms with Crippen molar-refractivity contribution in [1.82, 2.24) is 14.8 Å². The van der Waals surface area contributed by atoms with Crippen LogP contribution in [0.3, 0.4) is 0 Å². The first-order valence-corrected chi connectivity index (χ1v) is 9.29. The summed E-state index contributed by atoms with van der Waals surface area (Å²) in [4.78, 5) is 16.5. The Bertz CT molecular complexity index is 1150. The molecule has 4 aromatic rings. The number of aryl methyl sites for hydroxylation is 1. The number of aliphatic hydroxyl groups excluding tert-OH is 1. The van der Waals surface area contributed by atoms with Crippen LogP contribution in [0.4, 0.5) is 16.2 Å². The van der Waals surface area contributed by atoms with Crippen LogP contribution in [-0.2, 0) is 6.54 Å². The fourth-order valence-corrected chi connectivity index (χ4v) is 3.24. The van der Waals surface area contributed by atoms with Crippen LogP contribution in [0.25, 0.3) is 22.0 Å². The largest absolute Gasteiger partial charge is 0.394 e. The van der Waals surface area contributed by atoms with E-state index < -0.39 is 0 Å². The first-order chi connectivity index (χ1) is 14.1. The Hall–Kier alpha value is -3.71. The third kappa shape index (κ3) is 4.09. The number of pyridine rings is 1. The minimum absolute atomic E-state index is 0.0198. The van der Waals surface area contributed by atoms with Gasteiger partial charge in [0.15, 0.2) is 0 Å². The van der Waals surface area contributed by atoms with E-state index in [-0.39, 0.29) is 12.6 Å². The molecule has 29 heavy (non-hydrogen) atoms. The number of nitrogens with one attached hydrogen (secondary N) is 2. The van der Waals surface area contributed by atoms with E-state index in [1.165, 1.54) is 0 Å². The average Bonchev–Trinajstić information content (AvgIpc) is 3.12. The van der Waals surface area contributed by atoms with Crippen molar-refractivity contribution in [2.24, 2.45) is 0 Å². The third-order valence-corrected chi connectivity index (χ3v) is 4.61. The number of anilines is 2. The highest BCUT2D eigenvalue weighted by atomic mass is 16.3. The number of rotatable bonds is 5. The van der Waals surface area contributed by atoms with Crippen LogP contribution >= 0.6 is 0 Å². The highest BCUT2D eigenvalue weighted by Crippen LogP contribution is 2.28. The summed E-state index contributed by atoms with van der Waals surface area (Å²) >= 11 is 0. The topological polar surface area (TPSA) is 92.1 Å². The number of amides is 2. The fourth-order valence-electron chi connectivity index (χ4n) is 3.24. The lowest BCUT2D eigenvalue weighted by molar-refractivity contribution is 0.262. The summed E-state index contributed by atoms with van der Waals surface area (Å²) in [5.74, 6) is 0. The molecule has 0 radical (unpaired) electrons. The molecule has 0 saturated heterocycles. The van der Waals surface area contributed by atoms with Gasteiger partial charge in [-0.15, -0.1) is 0 Å². The van der Waals surface area contributed by atoms with Crippen LogP contribution < -0.4 is 10.6 Å². The summed E-state index contributed by atoms with van der Waals surface area (Å²) < 4.78 is 1.73. The second-order valence-electron chi connectivity index (χ2n) is 6.74. The number of carbonyl (C=O) groups excluding carboxylic acids is 1. The van der Waals surface area contributed by atoms with Crippen molar-refractivity contribution in [2.45, 2.75) is 13.5 Å². The second kappa shape index (κ2) is 8.12. The van der Waals surface area contributed by atoms with Gasteiger partial charge in [-0.1, -0.05) is 24.3 Å². The zero-order valence-corrected chi connectivity index (χ0v) is 16.0. The van der Waals surface area contributed by atoms with Gasteiger partial charge in [0.1, 0.15) is 0 Å². The molecule has 0 bridgehead atoms. The van der Waals surface area contributed by atoms with E-state index in [1.807, 2.05) is 55.5 Å². The molecule has 2 amide bonds. The normalized spacial score (nSPS) is 10.8. The van der Waals surface area contributed by atoms with Crippen LogP contribution in [0.15, 0.2) is 67.1 Å². The predicted molar refractivity (Wildman–Crippen MR) is 114 cm³/mol. The van der Waals surface area contributed by atoms with E-state index in [4.69, 9.17) is 0 Å². The van der Waals surface area contributed by atoms with Crippen LogP contribution in [-0.4, -0.2) is 32.5 Å². The molecule has 2 aromatic heterocycles. The molecule has 7 heteroatoms. The molecule has 2 aromatic carbocycles. The van der Waals surface area contributed by atoms with Crippen molar-refractivity contribution in [2.75, 3.05) is 17.2 Å². The minimum Gasteiger partial charge on any atom is -0.394 e. The van der Waals surface area contributed by atoms with Gasteiger partial charge in [0, 0.05) is 28.5 Å². The van der Waals surface area contributed by atoms with Gasteiger partial charge in [-0.3, -0.25) is 9.67 Å². The molecule has 2 heterocycles. The zero-order chi connectivity index (χ0) is 20.2. The molecule has 7 nitrogen and oxygen atoms in total. The quantitative estimate of drug-likeness (QED) is 0.482. The standard InChI is InChI=1S/C22H21N5O2/c1-15-3-2-4-18(11-15)26-22(29)25-17-7-5-16(6-8-17)19-12-23-14-21-20(19)13-24-27(21)9-10-28/h2-8,11-14,28H,9-10H2,1H3,(H2,25,26,29). The molecule has 0 spiro atoms. The summed E-state index contributed by atoms with van der Waals surface area (Å²) in [7, 11) is 0. The lowest BCUT2D eigenvalue weighted by atomic mass is 10.0. The van der Waals surface area contributed by atoms with E-state index in [1.54, 1.807) is 23.3 Å². The molecule has 0 aliphatic rings. The number of benzene rings is 2. The molecule has 0 aliphatic heterocycles. The summed E-state index contributed by atoms with van der Waals surface area (Å²) in [5, 5.41) is 20.1. The zero-order valence-electron chi connectivity index (χ0n) is 16.0. The highest BCUT2D eigenvalue weighted by Gasteiger charge is 2.10. The number of hydrogen-bond donors (Lipinski definition) is 3. The lowest BCUT2D eigenvalue weighted by Crippen LogP contribution is -2.19. The van der Waals surface area contributed by atoms with E-state index in [9.17, 15) is 9.90 Å². The maximum atomic E-state index is 12.2. The first-order valence-electron chi connectivity index (χ1n) is 9.29. The predicted octanol–water partition coefficient (Wildman–Crippen LogP) is 4.04. The van der Waals surface area contributed by atoms with Crippen molar-refractivity contribution in [3.8, 4) is 11.1 Å². The second-order valence-corrected chi connectivity index (χ2v) is 6.74. The van der Waals surface area contributed by atoms with Crippen molar-refractivity contribution < 1.29 is 9.90 Å². The molecule has 0 atom stereocenters. The van der Waals surface area contributed by atoms with Gasteiger partial charge >= 0.3 is 6.03 Å². The van der Waals surface area contributed by atoms with Crippen molar-refractivity contribution >= 4 is 28.3 Å². The molecule has 4 rings (SSSR count). The van der Waals surface area contributed by atoms with Gasteiger partial charge in [-0.25, -0.2) is 4.79 Å². The Morgan fingerprint density at radius 3 is 2.59 bits per heavy atom. The number of nitrogens with zero attached hydrogens (tertiary/aromatic N) is 3. The van der Waals surface area contributed by atoms with Crippen LogP contribution in [0.1, 0.15) is 5.56 Å². The number of carbonyl (C=O) groups is 1. The van der Waals surface area contributed by atoms with E-state index in [0.717, 1.165) is 33.3 Å². The van der Waals surface area contributed by atoms with Gasteiger partial charge in [0.05, 0.1) is 31.1 Å². The van der Waals surface area contributed by atoms with Crippen LogP contribution in [0.5, 0.6) is 0 Å². The van der Waals surface area contributed by atoms with Gasteiger partial charge < -0.3 is 15.7 Å². The first kappa shape index (κ1) is 18.6. The van der Waals surface area contributed by atoms with E-state index in [2.05, 4.69) is 20.7 Å². The molecular weight excluding hydrogens is 366 g/mol. The average molecular weight is 387 g/mol. The molecule has 0 unspecified atom stereocenters. The van der Waals surface area contributed by atoms with Crippen LogP contribution in [0, 0.1) is 6.92 Å². The van der Waals surface area contributed by atoms with Gasteiger partial charge in [0.25, 0.3) is 0 Å². The maximum absolute atomic E-state index is 12.2. The van der Waals surface area contributed by atoms with E-state index in [0.29, 0.717) is 12.2 Å². The Labute approximate surface area is 168 Å². The van der Waals surface area contributed by atoms with E-state index >= 15 is 0 Å². The third-order valence-electron chi connectivity index (χ3n) is 4.61. The molecule has 0 aliphatic carbocycles. The molecule has 0 fully saturated rings. The summed E-state index contributed by atoms with van der Waals surface area (Å²) in [6.07, 6.45) is 5.32. The SMILES string of the molecule is Cc1cccc(NC(=O)Nc2ccc(-c3cncc4c3cnn4CCO)cc2)c1. The molecule has 3 N–H and O–H groups in total. The van der Waals surface area contributed by atoms with Crippen molar-refractivity contribution in [3.05, 3.63) is 72.7 Å². The van der Waals surface area contributed by atoms with Crippen molar-refractivity contribution in [1.29, 1.82) is 0 Å². The number of urea groups is 1. The van der Waals surface area contributed by atoms with Gasteiger partial charge in [-0.2, -0.15) is 5.10 Å². The molecule has 0 saturated carbocycles. The fraction of sp³-hybridized carbons (Fsp3) is 0.136. The molecular formula is C22H21N5O2. The number of hydrogen-bond acceptors (Lipinski definition) is 4. The van der Waals surface area contributed by atoms with Crippen molar-refractivity contribution in [3.63, 3.8) is 0 Å². The Morgan fingerprint density at radius 1 is 1.03 bits per heavy atom. The smallest absolute Gasteiger partial charge is 0.323 e. The van der Waals surface area contributed by atoms with Gasteiger partial charge in [-0.05, 0) is 42.3 Å². The summed E-state index contributed by atoms with van der Waals surface area (Å²) in [6, 6.07) is 14.9. The summed E-state index contributed by atoms with van der Waals surface area (Å²) in [5.41, 5.74) is 5.30. The molecule has 146 valence electrons. The number of aromatic nitrogens is 3. The Kier molecular flexibility index (Phi) is 5.22. The number of aliphatic hydroxyl groups is 1. The Morgan fingerprint density at radius 2 is 1.83 bits per heavy atom. The van der Waals surface area contributed by atoms with Crippen LogP contribution in [0.2, 0.25) is 0 Å². The van der Waals surface area contributed by atoms with Gasteiger partial charge in [0.2, 0.25) is 0 Å².